The summed E-state index contributed by atoms with van der Waals surface area (Å²) in [5.41, 5.74) is 2.03. The normalized spacial score (nSPS) is 12.0. The van der Waals surface area contributed by atoms with Gasteiger partial charge in [0.05, 0.1) is 11.9 Å². The zero-order chi connectivity index (χ0) is 26.8. The summed E-state index contributed by atoms with van der Waals surface area (Å²) >= 11 is 6.06. The predicted molar refractivity (Wildman–Crippen MR) is 148 cm³/mol. The Bertz CT molecular complexity index is 1270. The lowest BCUT2D eigenvalue weighted by molar-refractivity contribution is -0.140. The highest BCUT2D eigenvalue weighted by atomic mass is 35.5. The summed E-state index contributed by atoms with van der Waals surface area (Å²) in [4.78, 5) is 28.7. The number of nitrogens with one attached hydrogen (secondary N) is 1. The van der Waals surface area contributed by atoms with Crippen LogP contribution in [-0.4, -0.2) is 50.5 Å². The lowest BCUT2D eigenvalue weighted by Gasteiger charge is -2.33. The molecule has 3 aromatic carbocycles. The van der Waals surface area contributed by atoms with Crippen LogP contribution in [0.2, 0.25) is 5.02 Å². The van der Waals surface area contributed by atoms with Gasteiger partial charge in [-0.3, -0.25) is 13.9 Å². The fourth-order valence-electron chi connectivity index (χ4n) is 3.91. The van der Waals surface area contributed by atoms with E-state index in [4.69, 9.17) is 11.6 Å². The van der Waals surface area contributed by atoms with Gasteiger partial charge in [0, 0.05) is 24.5 Å². The Labute approximate surface area is 224 Å². The Balaban J connectivity index is 2.01. The van der Waals surface area contributed by atoms with Crippen LogP contribution in [0.4, 0.5) is 5.69 Å². The molecule has 0 saturated heterocycles. The first-order valence-corrected chi connectivity index (χ1v) is 14.3. The summed E-state index contributed by atoms with van der Waals surface area (Å²) in [7, 11) is -3.78. The standard InChI is InChI=1S/C28H32ClN3O4S/c1-3-18-30-28(34)26(19-22-10-6-4-7-11-22)31(20-23-14-16-24(29)17-15-23)27(33)21-32(37(2,35)36)25-12-8-5-9-13-25/h4-17,26H,3,18-21H2,1-2H3,(H,30,34)/t26-/m0/s1. The minimum atomic E-state index is -3.78. The maximum atomic E-state index is 13.9. The number of benzene rings is 3. The molecule has 1 N–H and O–H groups in total. The number of para-hydroxylation sites is 1. The van der Waals surface area contributed by atoms with E-state index in [1.807, 2.05) is 37.3 Å². The summed E-state index contributed by atoms with van der Waals surface area (Å²) in [6.07, 6.45) is 2.08. The molecule has 0 aliphatic carbocycles. The van der Waals surface area contributed by atoms with Crippen molar-refractivity contribution in [2.75, 3.05) is 23.7 Å². The van der Waals surface area contributed by atoms with Gasteiger partial charge in [0.15, 0.2) is 0 Å². The Hall–Kier alpha value is -3.36. The number of rotatable bonds is 12. The highest BCUT2D eigenvalue weighted by Gasteiger charge is 2.32. The van der Waals surface area contributed by atoms with Crippen LogP contribution in [0.3, 0.4) is 0 Å². The molecule has 3 rings (SSSR count). The third-order valence-corrected chi connectivity index (χ3v) is 7.20. The summed E-state index contributed by atoms with van der Waals surface area (Å²) in [6, 6.07) is 24.1. The van der Waals surface area contributed by atoms with Crippen LogP contribution in [0.15, 0.2) is 84.9 Å². The van der Waals surface area contributed by atoms with Gasteiger partial charge in [-0.2, -0.15) is 0 Å². The molecule has 0 aliphatic heterocycles. The van der Waals surface area contributed by atoms with E-state index in [1.54, 1.807) is 54.6 Å². The van der Waals surface area contributed by atoms with Gasteiger partial charge in [0.1, 0.15) is 12.6 Å². The second-order valence-corrected chi connectivity index (χ2v) is 11.1. The Morgan fingerprint density at radius 2 is 1.49 bits per heavy atom. The Morgan fingerprint density at radius 3 is 2.05 bits per heavy atom. The molecular formula is C28H32ClN3O4S. The first-order chi connectivity index (χ1) is 17.7. The van der Waals surface area contributed by atoms with Crippen LogP contribution >= 0.6 is 11.6 Å². The summed E-state index contributed by atoms with van der Waals surface area (Å²) in [5.74, 6) is -0.782. The second kappa shape index (κ2) is 13.3. The molecule has 2 amide bonds. The molecule has 1 atom stereocenters. The molecule has 7 nitrogen and oxygen atoms in total. The van der Waals surface area contributed by atoms with Gasteiger partial charge in [-0.05, 0) is 41.8 Å². The number of carbonyl (C=O) groups excluding carboxylic acids is 2. The van der Waals surface area contributed by atoms with Crippen molar-refractivity contribution in [3.8, 4) is 0 Å². The number of amides is 2. The van der Waals surface area contributed by atoms with E-state index in [0.29, 0.717) is 17.3 Å². The van der Waals surface area contributed by atoms with Crippen LogP contribution in [0.5, 0.6) is 0 Å². The van der Waals surface area contributed by atoms with E-state index in [2.05, 4.69) is 5.32 Å². The maximum Gasteiger partial charge on any atom is 0.244 e. The van der Waals surface area contributed by atoms with E-state index in [-0.39, 0.29) is 18.9 Å². The third kappa shape index (κ3) is 8.33. The largest absolute Gasteiger partial charge is 0.354 e. The quantitative estimate of drug-likeness (QED) is 0.371. The van der Waals surface area contributed by atoms with Gasteiger partial charge in [0.25, 0.3) is 0 Å². The van der Waals surface area contributed by atoms with Crippen LogP contribution in [-0.2, 0) is 32.6 Å². The number of hydrogen-bond acceptors (Lipinski definition) is 4. The molecule has 0 fully saturated rings. The third-order valence-electron chi connectivity index (χ3n) is 5.81. The van der Waals surface area contributed by atoms with Crippen LogP contribution in [0.1, 0.15) is 24.5 Å². The lowest BCUT2D eigenvalue weighted by atomic mass is 10.0. The van der Waals surface area contributed by atoms with E-state index in [9.17, 15) is 18.0 Å². The van der Waals surface area contributed by atoms with Crippen molar-refractivity contribution in [3.63, 3.8) is 0 Å². The number of hydrogen-bond donors (Lipinski definition) is 1. The zero-order valence-electron chi connectivity index (χ0n) is 21.0. The molecule has 0 bridgehead atoms. The molecule has 196 valence electrons. The monoisotopic (exact) mass is 541 g/mol. The highest BCUT2D eigenvalue weighted by Crippen LogP contribution is 2.20. The van der Waals surface area contributed by atoms with Crippen molar-refractivity contribution in [1.29, 1.82) is 0 Å². The minimum absolute atomic E-state index is 0.111. The van der Waals surface area contributed by atoms with E-state index in [0.717, 1.165) is 28.1 Å². The average Bonchev–Trinajstić information content (AvgIpc) is 2.89. The van der Waals surface area contributed by atoms with E-state index < -0.39 is 28.5 Å². The fourth-order valence-corrected chi connectivity index (χ4v) is 4.89. The van der Waals surface area contributed by atoms with Crippen molar-refractivity contribution >= 4 is 39.1 Å². The van der Waals surface area contributed by atoms with Crippen LogP contribution in [0, 0.1) is 0 Å². The van der Waals surface area contributed by atoms with Gasteiger partial charge in [0.2, 0.25) is 21.8 Å². The van der Waals surface area contributed by atoms with Crippen molar-refractivity contribution in [3.05, 3.63) is 101 Å². The first kappa shape index (κ1) is 28.2. The summed E-state index contributed by atoms with van der Waals surface area (Å²) in [6.45, 7) is 2.09. The van der Waals surface area contributed by atoms with Gasteiger partial charge in [-0.15, -0.1) is 0 Å². The van der Waals surface area contributed by atoms with Gasteiger partial charge >= 0.3 is 0 Å². The summed E-state index contributed by atoms with van der Waals surface area (Å²) in [5, 5.41) is 3.46. The maximum absolute atomic E-state index is 13.9. The van der Waals surface area contributed by atoms with Crippen LogP contribution in [0.25, 0.3) is 0 Å². The number of sulfonamides is 1. The number of anilines is 1. The van der Waals surface area contributed by atoms with Gasteiger partial charge in [-0.1, -0.05) is 79.2 Å². The van der Waals surface area contributed by atoms with Crippen molar-refractivity contribution < 1.29 is 18.0 Å². The van der Waals surface area contributed by atoms with Crippen molar-refractivity contribution in [2.45, 2.75) is 32.4 Å². The van der Waals surface area contributed by atoms with Gasteiger partial charge < -0.3 is 10.2 Å². The highest BCUT2D eigenvalue weighted by molar-refractivity contribution is 7.92. The minimum Gasteiger partial charge on any atom is -0.354 e. The van der Waals surface area contributed by atoms with E-state index in [1.165, 1.54) is 4.90 Å². The van der Waals surface area contributed by atoms with Gasteiger partial charge in [-0.25, -0.2) is 8.42 Å². The SMILES string of the molecule is CCCNC(=O)[C@H](Cc1ccccc1)N(Cc1ccc(Cl)cc1)C(=O)CN(c1ccccc1)S(C)(=O)=O. The topological polar surface area (TPSA) is 86.8 Å². The molecule has 0 aliphatic rings. The van der Waals surface area contributed by atoms with Crippen molar-refractivity contribution in [2.24, 2.45) is 0 Å². The number of halogens is 1. The molecule has 0 heterocycles. The Kier molecular flexibility index (Phi) is 10.1. The van der Waals surface area contributed by atoms with E-state index >= 15 is 0 Å². The van der Waals surface area contributed by atoms with Crippen molar-refractivity contribution in [1.82, 2.24) is 10.2 Å². The van der Waals surface area contributed by atoms with Crippen LogP contribution < -0.4 is 9.62 Å². The predicted octanol–water partition coefficient (Wildman–Crippen LogP) is 4.27. The Morgan fingerprint density at radius 1 is 0.892 bits per heavy atom. The second-order valence-electron chi connectivity index (χ2n) is 8.75. The zero-order valence-corrected chi connectivity index (χ0v) is 22.6. The molecular weight excluding hydrogens is 510 g/mol. The molecule has 0 saturated carbocycles. The molecule has 0 radical (unpaired) electrons. The molecule has 37 heavy (non-hydrogen) atoms. The average molecular weight is 542 g/mol. The summed E-state index contributed by atoms with van der Waals surface area (Å²) < 4.78 is 26.4. The first-order valence-electron chi connectivity index (χ1n) is 12.1. The molecule has 0 unspecified atom stereocenters. The molecule has 0 aromatic heterocycles. The number of nitrogens with zero attached hydrogens (tertiary/aromatic N) is 2. The lowest BCUT2D eigenvalue weighted by Crippen LogP contribution is -2.53. The smallest absolute Gasteiger partial charge is 0.244 e. The fraction of sp³-hybridized carbons (Fsp3) is 0.286. The molecule has 9 heteroatoms. The molecule has 0 spiro atoms. The number of carbonyl (C=O) groups is 2. The molecule has 3 aromatic rings.